The van der Waals surface area contributed by atoms with Gasteiger partial charge in [-0.25, -0.2) is 4.98 Å². The van der Waals surface area contributed by atoms with Crippen LogP contribution in [0.3, 0.4) is 0 Å². The number of carbonyl (C=O) groups excluding carboxylic acids is 1. The van der Waals surface area contributed by atoms with Gasteiger partial charge in [0.25, 0.3) is 0 Å². The summed E-state index contributed by atoms with van der Waals surface area (Å²) in [7, 11) is 0. The number of nitrogens with zero attached hydrogens (tertiary/aromatic N) is 3. The summed E-state index contributed by atoms with van der Waals surface area (Å²) in [5.74, 6) is 2.32. The molecule has 30 heavy (non-hydrogen) atoms. The lowest BCUT2D eigenvalue weighted by molar-refractivity contribution is -0.127. The van der Waals surface area contributed by atoms with E-state index in [1.807, 2.05) is 29.2 Å². The van der Waals surface area contributed by atoms with Crippen molar-refractivity contribution in [3.8, 4) is 5.75 Å². The first kappa shape index (κ1) is 20.5. The van der Waals surface area contributed by atoms with Gasteiger partial charge >= 0.3 is 0 Å². The average Bonchev–Trinajstić information content (AvgIpc) is 3.28. The molecule has 1 atom stereocenters. The molecule has 0 N–H and O–H groups in total. The fourth-order valence-corrected chi connectivity index (χ4v) is 4.36. The topological polar surface area (TPSA) is 47.4 Å². The minimum absolute atomic E-state index is 0.142. The third-order valence-corrected chi connectivity index (χ3v) is 5.95. The van der Waals surface area contributed by atoms with Gasteiger partial charge in [0.1, 0.15) is 18.2 Å². The second-order valence-corrected chi connectivity index (χ2v) is 8.32. The maximum Gasteiger partial charge on any atom is 0.223 e. The van der Waals surface area contributed by atoms with Crippen LogP contribution in [0.1, 0.15) is 49.1 Å². The monoisotopic (exact) mass is 405 g/mol. The van der Waals surface area contributed by atoms with E-state index in [0.29, 0.717) is 19.6 Å². The van der Waals surface area contributed by atoms with Crippen molar-refractivity contribution >= 4 is 16.9 Å². The zero-order valence-corrected chi connectivity index (χ0v) is 18.2. The van der Waals surface area contributed by atoms with Gasteiger partial charge in [-0.05, 0) is 44.0 Å². The van der Waals surface area contributed by atoms with E-state index in [0.717, 1.165) is 54.1 Å². The van der Waals surface area contributed by atoms with Crippen LogP contribution in [-0.4, -0.2) is 40.1 Å². The molecule has 5 heteroatoms. The summed E-state index contributed by atoms with van der Waals surface area (Å²) in [6.45, 7) is 9.22. The van der Waals surface area contributed by atoms with Crippen molar-refractivity contribution in [3.63, 3.8) is 0 Å². The van der Waals surface area contributed by atoms with Crippen LogP contribution in [0, 0.1) is 13.8 Å². The summed E-state index contributed by atoms with van der Waals surface area (Å²) in [5.41, 5.74) is 4.48. The highest BCUT2D eigenvalue weighted by Gasteiger charge is 2.33. The first-order valence-corrected chi connectivity index (χ1v) is 11.0. The van der Waals surface area contributed by atoms with Crippen LogP contribution in [0.2, 0.25) is 0 Å². The number of para-hydroxylation sites is 2. The summed E-state index contributed by atoms with van der Waals surface area (Å²) in [4.78, 5) is 19.4. The number of aromatic nitrogens is 2. The summed E-state index contributed by atoms with van der Waals surface area (Å²) in [6.07, 6.45) is 2.70. The van der Waals surface area contributed by atoms with Crippen molar-refractivity contribution in [1.82, 2.24) is 14.5 Å². The number of aryl methyl sites for hydroxylation is 2. The van der Waals surface area contributed by atoms with E-state index in [1.54, 1.807) is 0 Å². The Hall–Kier alpha value is -2.82. The Morgan fingerprint density at radius 3 is 2.77 bits per heavy atom. The third kappa shape index (κ3) is 4.20. The molecule has 0 bridgehead atoms. The number of rotatable bonds is 8. The highest BCUT2D eigenvalue weighted by atomic mass is 16.5. The van der Waals surface area contributed by atoms with Crippen LogP contribution in [0.4, 0.5) is 0 Å². The Labute approximate surface area is 178 Å². The van der Waals surface area contributed by atoms with Crippen LogP contribution in [0.25, 0.3) is 11.0 Å². The number of hydrogen-bond donors (Lipinski definition) is 0. The molecule has 1 aromatic heterocycles. The van der Waals surface area contributed by atoms with E-state index in [9.17, 15) is 4.79 Å². The Kier molecular flexibility index (Phi) is 6.07. The van der Waals surface area contributed by atoms with Gasteiger partial charge in [-0.1, -0.05) is 43.2 Å². The quantitative estimate of drug-likeness (QED) is 0.538. The lowest BCUT2D eigenvalue weighted by atomic mass is 10.1. The lowest BCUT2D eigenvalue weighted by Gasteiger charge is -2.17. The number of likely N-dealkylation sites (tertiary alicyclic amines) is 1. The van der Waals surface area contributed by atoms with Crippen LogP contribution in [0.15, 0.2) is 42.5 Å². The minimum Gasteiger partial charge on any atom is -0.491 e. The molecule has 2 aromatic carbocycles. The van der Waals surface area contributed by atoms with Gasteiger partial charge in [0.15, 0.2) is 0 Å². The average molecular weight is 406 g/mol. The predicted octanol–water partition coefficient (Wildman–Crippen LogP) is 4.85. The van der Waals surface area contributed by atoms with Gasteiger partial charge in [0, 0.05) is 25.4 Å². The molecule has 0 saturated carbocycles. The van der Waals surface area contributed by atoms with Crippen LogP contribution in [-0.2, 0) is 11.3 Å². The largest absolute Gasteiger partial charge is 0.491 e. The van der Waals surface area contributed by atoms with Gasteiger partial charge in [-0.2, -0.15) is 0 Å². The summed E-state index contributed by atoms with van der Waals surface area (Å²) < 4.78 is 8.35. The second-order valence-electron chi connectivity index (χ2n) is 8.32. The van der Waals surface area contributed by atoms with Gasteiger partial charge in [0.2, 0.25) is 5.91 Å². The molecule has 1 aliphatic heterocycles. The standard InChI is InChI=1S/C25H31N3O2/c1-4-5-12-27-17-20(16-24(27)29)25-26-21-8-6-7-9-22(21)28(25)13-14-30-23-11-10-18(2)15-19(23)3/h6-11,15,20H,4-5,12-14,16-17H2,1-3H3. The lowest BCUT2D eigenvalue weighted by Crippen LogP contribution is -2.26. The number of ether oxygens (including phenoxy) is 1. The molecule has 0 aliphatic carbocycles. The Morgan fingerprint density at radius 2 is 1.97 bits per heavy atom. The number of unbranched alkanes of at least 4 members (excludes halogenated alkanes) is 1. The first-order valence-electron chi connectivity index (χ1n) is 11.0. The smallest absolute Gasteiger partial charge is 0.223 e. The van der Waals surface area contributed by atoms with E-state index >= 15 is 0 Å². The number of fused-ring (bicyclic) bond motifs is 1. The number of benzene rings is 2. The van der Waals surface area contributed by atoms with Gasteiger partial charge < -0.3 is 14.2 Å². The van der Waals surface area contributed by atoms with Gasteiger partial charge in [-0.15, -0.1) is 0 Å². The highest BCUT2D eigenvalue weighted by molar-refractivity contribution is 5.80. The number of amides is 1. The van der Waals surface area contributed by atoms with Crippen molar-refractivity contribution in [2.45, 2.75) is 52.5 Å². The summed E-state index contributed by atoms with van der Waals surface area (Å²) >= 11 is 0. The molecule has 158 valence electrons. The summed E-state index contributed by atoms with van der Waals surface area (Å²) in [5, 5.41) is 0. The Balaban J connectivity index is 1.54. The Morgan fingerprint density at radius 1 is 1.13 bits per heavy atom. The molecule has 4 rings (SSSR count). The molecule has 1 saturated heterocycles. The molecule has 5 nitrogen and oxygen atoms in total. The molecule has 3 aromatic rings. The van der Waals surface area contributed by atoms with Crippen molar-refractivity contribution < 1.29 is 9.53 Å². The SMILES string of the molecule is CCCCN1CC(c2nc3ccccc3n2CCOc2ccc(C)cc2C)CC1=O. The first-order chi connectivity index (χ1) is 14.6. The summed E-state index contributed by atoms with van der Waals surface area (Å²) in [6, 6.07) is 14.5. The van der Waals surface area contributed by atoms with E-state index in [1.165, 1.54) is 5.56 Å². The molecular formula is C25H31N3O2. The zero-order valence-electron chi connectivity index (χ0n) is 18.2. The zero-order chi connectivity index (χ0) is 21.1. The van der Waals surface area contributed by atoms with Crippen molar-refractivity contribution in [2.24, 2.45) is 0 Å². The third-order valence-electron chi connectivity index (χ3n) is 5.95. The molecule has 1 unspecified atom stereocenters. The van der Waals surface area contributed by atoms with E-state index in [2.05, 4.69) is 43.5 Å². The van der Waals surface area contributed by atoms with Crippen LogP contribution < -0.4 is 4.74 Å². The van der Waals surface area contributed by atoms with Crippen molar-refractivity contribution in [3.05, 3.63) is 59.4 Å². The fraction of sp³-hybridized carbons (Fsp3) is 0.440. The molecule has 1 fully saturated rings. The maximum absolute atomic E-state index is 12.5. The molecule has 2 heterocycles. The van der Waals surface area contributed by atoms with E-state index in [4.69, 9.17) is 9.72 Å². The molecular weight excluding hydrogens is 374 g/mol. The number of hydrogen-bond acceptors (Lipinski definition) is 3. The fourth-order valence-electron chi connectivity index (χ4n) is 4.36. The maximum atomic E-state index is 12.5. The normalized spacial score (nSPS) is 16.6. The highest BCUT2D eigenvalue weighted by Crippen LogP contribution is 2.30. The van der Waals surface area contributed by atoms with Crippen molar-refractivity contribution in [2.75, 3.05) is 19.7 Å². The second kappa shape index (κ2) is 8.90. The van der Waals surface area contributed by atoms with Crippen LogP contribution in [0.5, 0.6) is 5.75 Å². The Bertz CT molecular complexity index is 1040. The molecule has 0 radical (unpaired) electrons. The molecule has 0 spiro atoms. The van der Waals surface area contributed by atoms with Crippen molar-refractivity contribution in [1.29, 1.82) is 0 Å². The number of carbonyl (C=O) groups is 1. The molecule has 1 amide bonds. The molecule has 1 aliphatic rings. The predicted molar refractivity (Wildman–Crippen MR) is 120 cm³/mol. The van der Waals surface area contributed by atoms with E-state index in [-0.39, 0.29) is 11.8 Å². The van der Waals surface area contributed by atoms with Crippen LogP contribution >= 0.6 is 0 Å². The van der Waals surface area contributed by atoms with E-state index < -0.39 is 0 Å². The van der Waals surface area contributed by atoms with Gasteiger partial charge in [0.05, 0.1) is 17.6 Å². The number of imidazole rings is 1. The van der Waals surface area contributed by atoms with Gasteiger partial charge in [-0.3, -0.25) is 4.79 Å². The minimum atomic E-state index is 0.142.